The number of nitrogens with one attached hydrogen (secondary N) is 3. The van der Waals surface area contributed by atoms with Crippen LogP contribution in [0.5, 0.6) is 0 Å². The van der Waals surface area contributed by atoms with Crippen molar-refractivity contribution in [2.45, 2.75) is 73.2 Å². The van der Waals surface area contributed by atoms with Crippen LogP contribution < -0.4 is 16.1 Å². The van der Waals surface area contributed by atoms with Crippen molar-refractivity contribution < 1.29 is 8.42 Å². The van der Waals surface area contributed by atoms with E-state index in [2.05, 4.69) is 38.0 Å². The summed E-state index contributed by atoms with van der Waals surface area (Å²) in [6.07, 6.45) is 7.11. The maximum absolute atomic E-state index is 13.4. The Morgan fingerprint density at radius 1 is 1.23 bits per heavy atom. The first kappa shape index (κ1) is 21.5. The molecule has 4 aliphatic heterocycles. The molecular weight excluding hydrogens is 486 g/mol. The summed E-state index contributed by atoms with van der Waals surface area (Å²) in [5.41, 5.74) is 3.08. The number of anilines is 2. The molecule has 0 spiro atoms. The SMILES string of the molecule is CC1CC(Nc2nc(N[C@H]3C[C@@H]4CC5(S(=O)(=O)c6nccn6C)C[C@H](C3)N45)nc3sccc23)=NN1. The molecule has 7 rings (SSSR count). The minimum Gasteiger partial charge on any atom is -0.351 e. The van der Waals surface area contributed by atoms with Crippen LogP contribution in [0.4, 0.5) is 11.8 Å². The van der Waals surface area contributed by atoms with Gasteiger partial charge in [-0.05, 0) is 44.1 Å². The number of aromatic nitrogens is 4. The van der Waals surface area contributed by atoms with E-state index in [4.69, 9.17) is 9.97 Å². The summed E-state index contributed by atoms with van der Waals surface area (Å²) >= 11 is 1.59. The minimum absolute atomic E-state index is 0.170. The molecule has 184 valence electrons. The van der Waals surface area contributed by atoms with Gasteiger partial charge < -0.3 is 20.6 Å². The number of hydrogen-bond donors (Lipinski definition) is 3. The minimum atomic E-state index is -3.50. The molecule has 2 unspecified atom stereocenters. The van der Waals surface area contributed by atoms with Crippen molar-refractivity contribution in [3.8, 4) is 0 Å². The van der Waals surface area contributed by atoms with E-state index in [1.54, 1.807) is 35.3 Å². The fourth-order valence-corrected chi connectivity index (χ4v) is 9.50. The number of thiophene rings is 1. The van der Waals surface area contributed by atoms with Gasteiger partial charge in [0.15, 0.2) is 0 Å². The summed E-state index contributed by atoms with van der Waals surface area (Å²) in [5.74, 6) is 2.24. The summed E-state index contributed by atoms with van der Waals surface area (Å²) in [4.78, 5) is 16.1. The van der Waals surface area contributed by atoms with Crippen molar-refractivity contribution in [2.24, 2.45) is 12.1 Å². The lowest BCUT2D eigenvalue weighted by atomic mass is 9.68. The number of rotatable bonds is 5. The van der Waals surface area contributed by atoms with Gasteiger partial charge in [0.1, 0.15) is 21.4 Å². The first-order chi connectivity index (χ1) is 16.8. The highest BCUT2D eigenvalue weighted by molar-refractivity contribution is 7.92. The fourth-order valence-electron chi connectivity index (χ4n) is 6.35. The second-order valence-corrected chi connectivity index (χ2v) is 13.2. The van der Waals surface area contributed by atoms with E-state index in [0.29, 0.717) is 24.8 Å². The molecule has 0 radical (unpaired) electrons. The molecule has 0 aromatic carbocycles. The predicted molar refractivity (Wildman–Crippen MR) is 134 cm³/mol. The van der Waals surface area contributed by atoms with Crippen molar-refractivity contribution >= 4 is 49.0 Å². The monoisotopic (exact) mass is 513 g/mol. The normalized spacial score (nSPS) is 31.8. The molecule has 3 aromatic rings. The van der Waals surface area contributed by atoms with Crippen molar-refractivity contribution in [3.63, 3.8) is 0 Å². The lowest BCUT2D eigenvalue weighted by Crippen LogP contribution is -2.83. The molecule has 3 fully saturated rings. The molecule has 3 aromatic heterocycles. The maximum atomic E-state index is 13.4. The Morgan fingerprint density at radius 3 is 2.71 bits per heavy atom. The van der Waals surface area contributed by atoms with Crippen LogP contribution >= 0.6 is 11.3 Å². The van der Waals surface area contributed by atoms with Gasteiger partial charge >= 0.3 is 0 Å². The van der Waals surface area contributed by atoms with Gasteiger partial charge in [0.2, 0.25) is 20.9 Å². The summed E-state index contributed by atoms with van der Waals surface area (Å²) < 4.78 is 28.4. The second-order valence-electron chi connectivity index (χ2n) is 10.2. The predicted octanol–water partition coefficient (Wildman–Crippen LogP) is 2.12. The average molecular weight is 514 g/mol. The molecule has 0 amide bonds. The molecule has 3 saturated heterocycles. The van der Waals surface area contributed by atoms with Gasteiger partial charge in [-0.25, -0.2) is 18.4 Å². The third kappa shape index (κ3) is 3.07. The lowest BCUT2D eigenvalue weighted by Gasteiger charge is -2.71. The smallest absolute Gasteiger partial charge is 0.230 e. The standard InChI is InChI=1S/C22H27N9O2S2/c1-12-7-17(29-28-12)25-18-16-3-6-34-19(16)27-20(26-18)24-13-8-14-10-22(11-15(9-13)31(14)22)35(32,33)21-23-4-5-30(21)2/h3-6,12-15,28H,7-11H2,1-2H3,(H2,24,25,26,27,29)/t12?,13-,14+,15-,22?. The van der Waals surface area contributed by atoms with Crippen LogP contribution in [-0.2, 0) is 16.9 Å². The molecule has 35 heavy (non-hydrogen) atoms. The molecule has 4 aliphatic rings. The highest BCUT2D eigenvalue weighted by Gasteiger charge is 2.72. The molecule has 0 saturated carbocycles. The summed E-state index contributed by atoms with van der Waals surface area (Å²) in [5, 5.41) is 14.5. The van der Waals surface area contributed by atoms with E-state index in [-0.39, 0.29) is 23.3 Å². The molecule has 7 heterocycles. The van der Waals surface area contributed by atoms with Crippen molar-refractivity contribution in [1.29, 1.82) is 0 Å². The molecule has 0 aliphatic carbocycles. The molecule has 0 bridgehead atoms. The van der Waals surface area contributed by atoms with E-state index in [0.717, 1.165) is 41.1 Å². The van der Waals surface area contributed by atoms with E-state index in [1.807, 2.05) is 11.4 Å². The van der Waals surface area contributed by atoms with Crippen LogP contribution in [0.2, 0.25) is 0 Å². The number of hydrogen-bond acceptors (Lipinski definition) is 11. The Bertz CT molecular complexity index is 1450. The molecule has 5 atom stereocenters. The Kier molecular flexibility index (Phi) is 4.53. The summed E-state index contributed by atoms with van der Waals surface area (Å²) in [7, 11) is -1.76. The number of hydrazone groups is 1. The first-order valence-corrected chi connectivity index (χ1v) is 14.3. The highest BCUT2D eigenvalue weighted by Crippen LogP contribution is 2.60. The van der Waals surface area contributed by atoms with Crippen LogP contribution in [0.3, 0.4) is 0 Å². The van der Waals surface area contributed by atoms with Gasteiger partial charge in [-0.1, -0.05) is 0 Å². The van der Waals surface area contributed by atoms with Crippen molar-refractivity contribution in [3.05, 3.63) is 23.8 Å². The summed E-state index contributed by atoms with van der Waals surface area (Å²) in [6.45, 7) is 2.09. The third-order valence-corrected chi connectivity index (χ3v) is 11.1. The number of imidazole rings is 1. The Balaban J connectivity index is 1.08. The van der Waals surface area contributed by atoms with Crippen LogP contribution in [0.1, 0.15) is 39.0 Å². The highest BCUT2D eigenvalue weighted by atomic mass is 32.2. The number of nitrogens with zero attached hydrogens (tertiary/aromatic N) is 6. The van der Waals surface area contributed by atoms with E-state index in [1.165, 1.54) is 0 Å². The van der Waals surface area contributed by atoms with Crippen LogP contribution in [-0.4, -0.2) is 67.7 Å². The van der Waals surface area contributed by atoms with Gasteiger partial charge in [0.25, 0.3) is 0 Å². The number of fused-ring (bicyclic) bond motifs is 1. The Labute approximate surface area is 207 Å². The molecule has 11 nitrogen and oxygen atoms in total. The molecular formula is C22H27N9O2S2. The van der Waals surface area contributed by atoms with Crippen molar-refractivity contribution in [1.82, 2.24) is 29.8 Å². The Morgan fingerprint density at radius 2 is 2.03 bits per heavy atom. The van der Waals surface area contributed by atoms with Crippen molar-refractivity contribution in [2.75, 3.05) is 10.6 Å². The zero-order valence-corrected chi connectivity index (χ0v) is 21.1. The zero-order valence-electron chi connectivity index (χ0n) is 19.5. The summed E-state index contributed by atoms with van der Waals surface area (Å²) in [6, 6.07) is 3.03. The topological polar surface area (TPSA) is 129 Å². The van der Waals surface area contributed by atoms with E-state index >= 15 is 0 Å². The third-order valence-electron chi connectivity index (χ3n) is 7.84. The average Bonchev–Trinajstić information content (AvgIpc) is 3.51. The Hall–Kier alpha value is -2.77. The van der Waals surface area contributed by atoms with Gasteiger partial charge in [-0.2, -0.15) is 10.1 Å². The number of sulfone groups is 1. The number of amidine groups is 1. The molecule has 3 N–H and O–H groups in total. The number of piperidine rings is 2. The van der Waals surface area contributed by atoms with E-state index < -0.39 is 14.7 Å². The van der Waals surface area contributed by atoms with Crippen LogP contribution in [0, 0.1) is 0 Å². The first-order valence-electron chi connectivity index (χ1n) is 12.0. The van der Waals surface area contributed by atoms with Crippen LogP contribution in [0.15, 0.2) is 34.1 Å². The zero-order chi connectivity index (χ0) is 23.9. The maximum Gasteiger partial charge on any atom is 0.230 e. The van der Waals surface area contributed by atoms with Gasteiger partial charge in [0, 0.05) is 50.0 Å². The van der Waals surface area contributed by atoms with Gasteiger partial charge in [-0.15, -0.1) is 11.3 Å². The molecule has 13 heteroatoms. The lowest BCUT2D eigenvalue weighted by molar-refractivity contribution is -0.173. The quantitative estimate of drug-likeness (QED) is 0.470. The number of aryl methyl sites for hydroxylation is 1. The van der Waals surface area contributed by atoms with Crippen LogP contribution in [0.25, 0.3) is 10.2 Å². The van der Waals surface area contributed by atoms with Gasteiger partial charge in [0.05, 0.1) is 5.39 Å². The largest absolute Gasteiger partial charge is 0.351 e. The fraction of sp³-hybridized carbons (Fsp3) is 0.545. The second kappa shape index (κ2) is 7.37. The van der Waals surface area contributed by atoms with Gasteiger partial charge in [-0.3, -0.25) is 4.90 Å². The van der Waals surface area contributed by atoms with E-state index in [9.17, 15) is 8.42 Å².